The summed E-state index contributed by atoms with van der Waals surface area (Å²) in [4.78, 5) is 16.3. The number of carbonyl (C=O) groups is 1. The van der Waals surface area contributed by atoms with Crippen LogP contribution in [0.15, 0.2) is 30.5 Å². The van der Waals surface area contributed by atoms with E-state index in [0.717, 1.165) is 10.8 Å². The van der Waals surface area contributed by atoms with Crippen molar-refractivity contribution in [1.29, 1.82) is 0 Å². The quantitative estimate of drug-likeness (QED) is 0.889. The van der Waals surface area contributed by atoms with Crippen molar-refractivity contribution in [3.8, 4) is 0 Å². The third kappa shape index (κ3) is 3.14. The summed E-state index contributed by atoms with van der Waals surface area (Å²) in [5.74, 6) is 0.595. The minimum Gasteiger partial charge on any atom is -0.383 e. The molecule has 0 aliphatic heterocycles. The lowest BCUT2D eigenvalue weighted by Gasteiger charge is -2.13. The third-order valence-electron chi connectivity index (χ3n) is 2.93. The summed E-state index contributed by atoms with van der Waals surface area (Å²) in [7, 11) is -0.950. The number of anilines is 1. The standard InChI is InChI=1S/C14H17N3O2S/c1-9(8-20(2)19)17-14(18)12-7-16-13(15)11-6-4-3-5-10(11)12/h3-7,9H,8H2,1-2H3,(H2,15,16)(H,17,18). The van der Waals surface area contributed by atoms with E-state index in [4.69, 9.17) is 5.73 Å². The molecule has 2 atom stereocenters. The molecule has 5 nitrogen and oxygen atoms in total. The van der Waals surface area contributed by atoms with Gasteiger partial charge in [0.05, 0.1) is 5.56 Å². The number of nitrogens with zero attached hydrogens (tertiary/aromatic N) is 1. The smallest absolute Gasteiger partial charge is 0.253 e. The van der Waals surface area contributed by atoms with Gasteiger partial charge in [-0.1, -0.05) is 24.3 Å². The second-order valence-electron chi connectivity index (χ2n) is 4.72. The average molecular weight is 291 g/mol. The van der Waals surface area contributed by atoms with Gasteiger partial charge in [0.25, 0.3) is 5.91 Å². The van der Waals surface area contributed by atoms with Gasteiger partial charge in [0.1, 0.15) is 5.82 Å². The molecule has 0 aliphatic carbocycles. The summed E-state index contributed by atoms with van der Waals surface area (Å²) >= 11 is 0. The maximum Gasteiger partial charge on any atom is 0.253 e. The van der Waals surface area contributed by atoms with E-state index in [1.54, 1.807) is 6.26 Å². The van der Waals surface area contributed by atoms with Crippen LogP contribution in [-0.2, 0) is 10.8 Å². The van der Waals surface area contributed by atoms with Crippen molar-refractivity contribution >= 4 is 33.3 Å². The number of pyridine rings is 1. The largest absolute Gasteiger partial charge is 0.383 e. The Balaban J connectivity index is 2.31. The number of rotatable bonds is 4. The van der Waals surface area contributed by atoms with E-state index in [1.807, 2.05) is 31.2 Å². The molecular formula is C14H17N3O2S. The topological polar surface area (TPSA) is 85.1 Å². The van der Waals surface area contributed by atoms with Gasteiger partial charge in [0, 0.05) is 40.4 Å². The van der Waals surface area contributed by atoms with Gasteiger partial charge in [0.2, 0.25) is 0 Å². The zero-order valence-corrected chi connectivity index (χ0v) is 12.2. The molecule has 1 heterocycles. The Hall–Kier alpha value is -1.95. The van der Waals surface area contributed by atoms with Gasteiger partial charge in [-0.3, -0.25) is 9.00 Å². The molecule has 6 heteroatoms. The number of aromatic nitrogens is 1. The number of hydrogen-bond donors (Lipinski definition) is 2. The van der Waals surface area contributed by atoms with Crippen LogP contribution in [0.1, 0.15) is 17.3 Å². The highest BCUT2D eigenvalue weighted by Gasteiger charge is 2.15. The highest BCUT2D eigenvalue weighted by molar-refractivity contribution is 7.84. The van der Waals surface area contributed by atoms with Gasteiger partial charge in [-0.05, 0) is 12.3 Å². The fourth-order valence-corrected chi connectivity index (χ4v) is 2.88. The lowest BCUT2D eigenvalue weighted by Crippen LogP contribution is -2.36. The summed E-state index contributed by atoms with van der Waals surface area (Å²) < 4.78 is 11.2. The van der Waals surface area contributed by atoms with Crippen LogP contribution in [0.5, 0.6) is 0 Å². The predicted octanol–water partition coefficient (Wildman–Crippen LogP) is 1.31. The van der Waals surface area contributed by atoms with E-state index >= 15 is 0 Å². The third-order valence-corrected chi connectivity index (χ3v) is 3.90. The minimum atomic E-state index is -0.950. The minimum absolute atomic E-state index is 0.162. The average Bonchev–Trinajstić information content (AvgIpc) is 2.38. The number of carbonyl (C=O) groups excluding carboxylic acids is 1. The molecular weight excluding hydrogens is 274 g/mol. The lowest BCUT2D eigenvalue weighted by molar-refractivity contribution is 0.0945. The van der Waals surface area contributed by atoms with E-state index in [1.165, 1.54) is 6.20 Å². The molecule has 1 aromatic heterocycles. The normalized spacial score (nSPS) is 13.9. The summed E-state index contributed by atoms with van der Waals surface area (Å²) in [5.41, 5.74) is 6.28. The monoisotopic (exact) mass is 291 g/mol. The molecule has 1 aromatic carbocycles. The molecule has 0 saturated heterocycles. The van der Waals surface area contributed by atoms with Crippen molar-refractivity contribution in [2.45, 2.75) is 13.0 Å². The van der Waals surface area contributed by atoms with Crippen molar-refractivity contribution in [3.05, 3.63) is 36.0 Å². The first kappa shape index (κ1) is 14.5. The number of benzene rings is 1. The molecule has 2 aromatic rings. The lowest BCUT2D eigenvalue weighted by atomic mass is 10.1. The zero-order valence-electron chi connectivity index (χ0n) is 11.4. The predicted molar refractivity (Wildman–Crippen MR) is 82.0 cm³/mol. The van der Waals surface area contributed by atoms with Crippen LogP contribution < -0.4 is 11.1 Å². The Morgan fingerprint density at radius 1 is 1.40 bits per heavy atom. The highest BCUT2D eigenvalue weighted by Crippen LogP contribution is 2.22. The van der Waals surface area contributed by atoms with Gasteiger partial charge < -0.3 is 11.1 Å². The fraction of sp³-hybridized carbons (Fsp3) is 0.286. The van der Waals surface area contributed by atoms with Crippen molar-refractivity contribution < 1.29 is 9.00 Å². The molecule has 3 N–H and O–H groups in total. The number of nitrogens with two attached hydrogens (primary N) is 1. The Kier molecular flexibility index (Phi) is 4.34. The summed E-state index contributed by atoms with van der Waals surface area (Å²) in [6, 6.07) is 7.21. The van der Waals surface area contributed by atoms with Gasteiger partial charge in [0.15, 0.2) is 0 Å². The van der Waals surface area contributed by atoms with Crippen LogP contribution in [0.25, 0.3) is 10.8 Å². The first-order valence-corrected chi connectivity index (χ1v) is 7.96. The molecule has 106 valence electrons. The van der Waals surface area contributed by atoms with Crippen LogP contribution in [0, 0.1) is 0 Å². The van der Waals surface area contributed by atoms with E-state index in [2.05, 4.69) is 10.3 Å². The Morgan fingerprint density at radius 3 is 2.70 bits per heavy atom. The molecule has 2 unspecified atom stereocenters. The second kappa shape index (κ2) is 6.00. The van der Waals surface area contributed by atoms with Crippen molar-refractivity contribution in [3.63, 3.8) is 0 Å². The second-order valence-corrected chi connectivity index (χ2v) is 6.20. The molecule has 0 radical (unpaired) electrons. The molecule has 20 heavy (non-hydrogen) atoms. The maximum atomic E-state index is 12.3. The Bertz CT molecular complexity index is 673. The van der Waals surface area contributed by atoms with Crippen LogP contribution in [0.4, 0.5) is 5.82 Å². The molecule has 0 saturated carbocycles. The van der Waals surface area contributed by atoms with Crippen LogP contribution in [0.3, 0.4) is 0 Å². The Morgan fingerprint density at radius 2 is 2.05 bits per heavy atom. The molecule has 2 rings (SSSR count). The summed E-state index contributed by atoms with van der Waals surface area (Å²) in [6.07, 6.45) is 3.09. The SMILES string of the molecule is CC(CS(C)=O)NC(=O)c1cnc(N)c2ccccc12. The molecule has 0 aliphatic rings. The van der Waals surface area contributed by atoms with E-state index in [9.17, 15) is 9.00 Å². The van der Waals surface area contributed by atoms with Crippen molar-refractivity contribution in [2.75, 3.05) is 17.7 Å². The molecule has 0 spiro atoms. The summed E-state index contributed by atoms with van der Waals surface area (Å²) in [5, 5.41) is 4.35. The van der Waals surface area contributed by atoms with E-state index in [-0.39, 0.29) is 11.9 Å². The van der Waals surface area contributed by atoms with Crippen LogP contribution in [0.2, 0.25) is 0 Å². The van der Waals surface area contributed by atoms with Gasteiger partial charge in [-0.2, -0.15) is 0 Å². The van der Waals surface area contributed by atoms with Gasteiger partial charge in [-0.25, -0.2) is 4.98 Å². The van der Waals surface area contributed by atoms with E-state index < -0.39 is 10.8 Å². The summed E-state index contributed by atoms with van der Waals surface area (Å²) in [6.45, 7) is 1.83. The van der Waals surface area contributed by atoms with Gasteiger partial charge in [-0.15, -0.1) is 0 Å². The van der Waals surface area contributed by atoms with Gasteiger partial charge >= 0.3 is 0 Å². The first-order chi connectivity index (χ1) is 9.49. The Labute approximate surface area is 120 Å². The maximum absolute atomic E-state index is 12.3. The number of nitrogens with one attached hydrogen (secondary N) is 1. The van der Waals surface area contributed by atoms with Crippen LogP contribution in [-0.4, -0.2) is 33.2 Å². The number of fused-ring (bicyclic) bond motifs is 1. The van der Waals surface area contributed by atoms with Crippen molar-refractivity contribution in [1.82, 2.24) is 10.3 Å². The number of hydrogen-bond acceptors (Lipinski definition) is 4. The number of nitrogen functional groups attached to an aromatic ring is 1. The highest BCUT2D eigenvalue weighted by atomic mass is 32.2. The van der Waals surface area contributed by atoms with Crippen molar-refractivity contribution in [2.24, 2.45) is 0 Å². The molecule has 0 bridgehead atoms. The molecule has 0 fully saturated rings. The number of amides is 1. The fourth-order valence-electron chi connectivity index (χ4n) is 2.09. The zero-order chi connectivity index (χ0) is 14.7. The first-order valence-electron chi connectivity index (χ1n) is 6.23. The molecule has 1 amide bonds. The van der Waals surface area contributed by atoms with Crippen LogP contribution >= 0.6 is 0 Å². The van der Waals surface area contributed by atoms with E-state index in [0.29, 0.717) is 17.1 Å².